The standard InChI is InChI=1S/C23H14BrClN2O6S/c24-15-9-10-20(33-34(31,32)18-7-2-1-3-8-18)14(11-15)12-19-21(28)26-23(30)27(22(19)29)17-6-4-5-16(25)13-17/h1-13H,(H,26,28,30)/b19-12+. The Hall–Kier alpha value is -3.47. The van der Waals surface area contributed by atoms with Gasteiger partial charge in [0.25, 0.3) is 11.8 Å². The number of halogens is 2. The first-order chi connectivity index (χ1) is 16.2. The maximum absolute atomic E-state index is 13.1. The predicted octanol–water partition coefficient (Wildman–Crippen LogP) is 4.54. The van der Waals surface area contributed by atoms with Gasteiger partial charge < -0.3 is 4.18 Å². The highest BCUT2D eigenvalue weighted by atomic mass is 79.9. The molecule has 4 rings (SSSR count). The van der Waals surface area contributed by atoms with Crippen LogP contribution in [-0.4, -0.2) is 26.3 Å². The number of carbonyl (C=O) groups excluding carboxylic acids is 3. The smallest absolute Gasteiger partial charge is 0.339 e. The number of imide groups is 2. The summed E-state index contributed by atoms with van der Waals surface area (Å²) in [5.74, 6) is -1.97. The van der Waals surface area contributed by atoms with Gasteiger partial charge in [0.1, 0.15) is 16.2 Å². The van der Waals surface area contributed by atoms with E-state index in [-0.39, 0.29) is 26.9 Å². The molecule has 1 aliphatic rings. The van der Waals surface area contributed by atoms with Gasteiger partial charge in [-0.15, -0.1) is 0 Å². The monoisotopic (exact) mass is 560 g/mol. The molecule has 0 radical (unpaired) electrons. The Balaban J connectivity index is 1.76. The van der Waals surface area contributed by atoms with E-state index in [1.807, 2.05) is 0 Å². The van der Waals surface area contributed by atoms with Crippen molar-refractivity contribution in [2.45, 2.75) is 4.90 Å². The van der Waals surface area contributed by atoms with Crippen molar-refractivity contribution in [1.29, 1.82) is 0 Å². The number of nitrogens with one attached hydrogen (secondary N) is 1. The Morgan fingerprint density at radius 1 is 0.941 bits per heavy atom. The molecule has 4 amide bonds. The second-order valence-electron chi connectivity index (χ2n) is 6.97. The van der Waals surface area contributed by atoms with Crippen LogP contribution in [0.5, 0.6) is 5.75 Å². The molecule has 0 unspecified atom stereocenters. The molecule has 1 saturated heterocycles. The van der Waals surface area contributed by atoms with Crippen LogP contribution in [0.15, 0.2) is 87.7 Å². The summed E-state index contributed by atoms with van der Waals surface area (Å²) in [7, 11) is -4.19. The average molecular weight is 562 g/mol. The topological polar surface area (TPSA) is 110 Å². The minimum Gasteiger partial charge on any atom is -0.378 e. The van der Waals surface area contributed by atoms with E-state index in [0.29, 0.717) is 4.47 Å². The molecule has 11 heteroatoms. The molecular weight excluding hydrogens is 548 g/mol. The number of amides is 4. The zero-order valence-electron chi connectivity index (χ0n) is 17.1. The van der Waals surface area contributed by atoms with E-state index in [0.717, 1.165) is 11.0 Å². The van der Waals surface area contributed by atoms with Crippen LogP contribution in [-0.2, 0) is 19.7 Å². The van der Waals surface area contributed by atoms with Gasteiger partial charge in [0.05, 0.1) is 5.69 Å². The van der Waals surface area contributed by atoms with Crippen molar-refractivity contribution < 1.29 is 27.0 Å². The fourth-order valence-corrected chi connectivity index (χ4v) is 4.66. The Morgan fingerprint density at radius 3 is 2.38 bits per heavy atom. The normalized spacial score (nSPS) is 15.4. The van der Waals surface area contributed by atoms with Gasteiger partial charge in [0.2, 0.25) is 0 Å². The zero-order valence-corrected chi connectivity index (χ0v) is 20.2. The number of urea groups is 1. The van der Waals surface area contributed by atoms with Crippen molar-refractivity contribution in [2.75, 3.05) is 4.90 Å². The first-order valence-electron chi connectivity index (χ1n) is 9.62. The quantitative estimate of drug-likeness (QED) is 0.278. The van der Waals surface area contributed by atoms with E-state index in [4.69, 9.17) is 15.8 Å². The lowest BCUT2D eigenvalue weighted by molar-refractivity contribution is -0.122. The molecule has 1 heterocycles. The van der Waals surface area contributed by atoms with Crippen LogP contribution in [0.3, 0.4) is 0 Å². The van der Waals surface area contributed by atoms with Crippen molar-refractivity contribution in [3.8, 4) is 5.75 Å². The van der Waals surface area contributed by atoms with Crippen LogP contribution in [0.25, 0.3) is 6.08 Å². The molecular formula is C23H14BrClN2O6S. The maximum atomic E-state index is 13.1. The molecule has 0 saturated carbocycles. The Labute approximate surface area is 208 Å². The molecule has 0 atom stereocenters. The minimum absolute atomic E-state index is 0.0688. The van der Waals surface area contributed by atoms with Gasteiger partial charge in [-0.3, -0.25) is 14.9 Å². The van der Waals surface area contributed by atoms with Gasteiger partial charge >= 0.3 is 16.1 Å². The summed E-state index contributed by atoms with van der Waals surface area (Å²) in [4.78, 5) is 38.7. The predicted molar refractivity (Wildman–Crippen MR) is 129 cm³/mol. The third kappa shape index (κ3) is 4.89. The number of nitrogens with zero attached hydrogens (tertiary/aromatic N) is 1. The fraction of sp³-hybridized carbons (Fsp3) is 0. The first-order valence-corrected chi connectivity index (χ1v) is 12.2. The zero-order chi connectivity index (χ0) is 24.5. The molecule has 1 aliphatic heterocycles. The van der Waals surface area contributed by atoms with Gasteiger partial charge in [-0.2, -0.15) is 8.42 Å². The van der Waals surface area contributed by atoms with Crippen molar-refractivity contribution in [3.05, 3.63) is 93.4 Å². The second-order valence-corrected chi connectivity index (χ2v) is 9.87. The number of rotatable bonds is 5. The van der Waals surface area contributed by atoms with E-state index < -0.39 is 33.5 Å². The molecule has 0 aromatic heterocycles. The molecule has 1 fully saturated rings. The number of benzene rings is 3. The van der Waals surface area contributed by atoms with Gasteiger partial charge in [-0.05, 0) is 54.6 Å². The van der Waals surface area contributed by atoms with Crippen LogP contribution in [0.1, 0.15) is 5.56 Å². The number of hydrogen-bond donors (Lipinski definition) is 1. The molecule has 34 heavy (non-hydrogen) atoms. The van der Waals surface area contributed by atoms with E-state index >= 15 is 0 Å². The lowest BCUT2D eigenvalue weighted by Crippen LogP contribution is -2.54. The highest BCUT2D eigenvalue weighted by Crippen LogP contribution is 2.30. The molecule has 3 aromatic rings. The van der Waals surface area contributed by atoms with Crippen LogP contribution in [0.4, 0.5) is 10.5 Å². The van der Waals surface area contributed by atoms with E-state index in [1.54, 1.807) is 36.4 Å². The van der Waals surface area contributed by atoms with Crippen LogP contribution < -0.4 is 14.4 Å². The molecule has 172 valence electrons. The first kappa shape index (κ1) is 23.7. The minimum atomic E-state index is -4.19. The average Bonchev–Trinajstić information content (AvgIpc) is 2.79. The summed E-state index contributed by atoms with van der Waals surface area (Å²) < 4.78 is 31.2. The summed E-state index contributed by atoms with van der Waals surface area (Å²) in [5, 5.41) is 2.39. The highest BCUT2D eigenvalue weighted by Gasteiger charge is 2.37. The number of carbonyl (C=O) groups is 3. The largest absolute Gasteiger partial charge is 0.378 e. The summed E-state index contributed by atoms with van der Waals surface area (Å²) >= 11 is 9.26. The highest BCUT2D eigenvalue weighted by molar-refractivity contribution is 9.10. The summed E-state index contributed by atoms with van der Waals surface area (Å²) in [5.41, 5.74) is -0.127. The SMILES string of the molecule is O=C1NC(=O)N(c2cccc(Cl)c2)C(=O)/C1=C/c1cc(Br)ccc1OS(=O)(=O)c1ccccc1. The molecule has 0 aliphatic carbocycles. The second kappa shape index (κ2) is 9.41. The lowest BCUT2D eigenvalue weighted by Gasteiger charge is -2.26. The Morgan fingerprint density at radius 2 is 1.68 bits per heavy atom. The fourth-order valence-electron chi connectivity index (χ4n) is 3.12. The maximum Gasteiger partial charge on any atom is 0.339 e. The number of barbiturate groups is 1. The van der Waals surface area contributed by atoms with Gasteiger partial charge in [-0.25, -0.2) is 9.69 Å². The van der Waals surface area contributed by atoms with Crippen molar-refractivity contribution in [2.24, 2.45) is 0 Å². The molecule has 0 spiro atoms. The van der Waals surface area contributed by atoms with E-state index in [1.165, 1.54) is 36.4 Å². The Bertz CT molecular complexity index is 1460. The van der Waals surface area contributed by atoms with Crippen molar-refractivity contribution >= 4 is 67.3 Å². The summed E-state index contributed by atoms with van der Waals surface area (Å²) in [6.07, 6.45) is 1.16. The number of anilines is 1. The molecule has 3 aromatic carbocycles. The molecule has 0 bridgehead atoms. The van der Waals surface area contributed by atoms with Crippen LogP contribution >= 0.6 is 27.5 Å². The van der Waals surface area contributed by atoms with Crippen LogP contribution in [0, 0.1) is 0 Å². The Kier molecular flexibility index (Phi) is 6.56. The lowest BCUT2D eigenvalue weighted by atomic mass is 10.1. The van der Waals surface area contributed by atoms with Gasteiger partial charge in [0.15, 0.2) is 0 Å². The molecule has 8 nitrogen and oxygen atoms in total. The van der Waals surface area contributed by atoms with Gasteiger partial charge in [0, 0.05) is 15.1 Å². The van der Waals surface area contributed by atoms with Crippen LogP contribution in [0.2, 0.25) is 5.02 Å². The summed E-state index contributed by atoms with van der Waals surface area (Å²) in [6.45, 7) is 0. The third-order valence-corrected chi connectivity index (χ3v) is 6.65. The van der Waals surface area contributed by atoms with E-state index in [9.17, 15) is 22.8 Å². The summed E-state index contributed by atoms with van der Waals surface area (Å²) in [6, 6.07) is 17.0. The molecule has 1 N–H and O–H groups in total. The van der Waals surface area contributed by atoms with E-state index in [2.05, 4.69) is 21.2 Å². The third-order valence-electron chi connectivity index (χ3n) is 4.67. The van der Waals surface area contributed by atoms with Crippen molar-refractivity contribution in [1.82, 2.24) is 5.32 Å². The van der Waals surface area contributed by atoms with Gasteiger partial charge in [-0.1, -0.05) is 51.8 Å². The van der Waals surface area contributed by atoms with Crippen molar-refractivity contribution in [3.63, 3.8) is 0 Å². The number of hydrogen-bond acceptors (Lipinski definition) is 6.